The minimum atomic E-state index is -0.830. The Balaban J connectivity index is 1.65. The molecule has 1 unspecified atom stereocenters. The number of nitrogens with one attached hydrogen (secondary N) is 2. The molecule has 2 aromatic heterocycles. The molecule has 2 aliphatic heterocycles. The van der Waals surface area contributed by atoms with Gasteiger partial charge in [0.05, 0.1) is 22.8 Å². The number of carbonyl (C=O) groups is 1. The maximum atomic E-state index is 13.5. The Hall–Kier alpha value is -1.99. The first-order chi connectivity index (χ1) is 12.6. The van der Waals surface area contributed by atoms with Crippen molar-refractivity contribution in [1.82, 2.24) is 15.3 Å². The third-order valence-electron chi connectivity index (χ3n) is 5.06. The van der Waals surface area contributed by atoms with E-state index in [1.54, 1.807) is 0 Å². The Morgan fingerprint density at radius 1 is 1.31 bits per heavy atom. The predicted octanol–water partition coefficient (Wildman–Crippen LogP) is 2.77. The molecule has 2 aliphatic rings. The van der Waals surface area contributed by atoms with Crippen molar-refractivity contribution in [3.05, 3.63) is 23.4 Å². The minimum Gasteiger partial charge on any atom is -0.354 e. The van der Waals surface area contributed by atoms with Gasteiger partial charge in [-0.05, 0) is 44.5 Å². The second-order valence-corrected chi connectivity index (χ2v) is 7.27. The molecule has 2 saturated heterocycles. The molecule has 1 amide bonds. The van der Waals surface area contributed by atoms with Gasteiger partial charge in [0, 0.05) is 18.7 Å². The topological polar surface area (TPSA) is 70.2 Å². The van der Waals surface area contributed by atoms with E-state index < -0.39 is 6.17 Å². The van der Waals surface area contributed by atoms with Crippen molar-refractivity contribution in [3.63, 3.8) is 0 Å². The molecule has 6 nitrogen and oxygen atoms in total. The van der Waals surface area contributed by atoms with E-state index in [1.807, 2.05) is 17.0 Å². The lowest BCUT2D eigenvalue weighted by Crippen LogP contribution is -2.34. The number of aromatic nitrogens is 2. The normalized spacial score (nSPS) is 21.3. The highest BCUT2D eigenvalue weighted by molar-refractivity contribution is 6.35. The number of nitrogens with zero attached hydrogens (tertiary/aromatic N) is 3. The summed E-state index contributed by atoms with van der Waals surface area (Å²) in [4.78, 5) is 23.5. The van der Waals surface area contributed by atoms with Crippen molar-refractivity contribution < 1.29 is 9.18 Å². The Morgan fingerprint density at radius 2 is 2.12 bits per heavy atom. The van der Waals surface area contributed by atoms with Crippen molar-refractivity contribution in [3.8, 4) is 0 Å². The number of fused-ring (bicyclic) bond motifs is 1. The van der Waals surface area contributed by atoms with Crippen LogP contribution in [0.4, 0.5) is 15.9 Å². The lowest BCUT2D eigenvalue weighted by atomic mass is 9.97. The van der Waals surface area contributed by atoms with Crippen LogP contribution < -0.4 is 15.5 Å². The van der Waals surface area contributed by atoms with Crippen LogP contribution in [0.15, 0.2) is 18.3 Å². The highest BCUT2D eigenvalue weighted by Crippen LogP contribution is 2.31. The largest absolute Gasteiger partial charge is 0.354 e. The molecule has 2 N–H and O–H groups in total. The van der Waals surface area contributed by atoms with Crippen LogP contribution in [0.2, 0.25) is 5.02 Å². The molecule has 8 heteroatoms. The van der Waals surface area contributed by atoms with Crippen LogP contribution in [0.3, 0.4) is 0 Å². The maximum Gasteiger partial charge on any atom is 0.227 e. The zero-order chi connectivity index (χ0) is 18.1. The first kappa shape index (κ1) is 17.4. The summed E-state index contributed by atoms with van der Waals surface area (Å²) in [5.74, 6) is 0.599. The molecule has 26 heavy (non-hydrogen) atoms. The number of amides is 1. The monoisotopic (exact) mass is 377 g/mol. The van der Waals surface area contributed by atoms with Gasteiger partial charge in [0.1, 0.15) is 17.5 Å². The van der Waals surface area contributed by atoms with E-state index in [2.05, 4.69) is 20.6 Å². The van der Waals surface area contributed by atoms with Crippen LogP contribution >= 0.6 is 11.6 Å². The average Bonchev–Trinajstić information content (AvgIpc) is 3.10. The lowest BCUT2D eigenvalue weighted by molar-refractivity contribution is -0.120. The quantitative estimate of drug-likeness (QED) is 0.860. The van der Waals surface area contributed by atoms with Crippen LogP contribution in [0.1, 0.15) is 19.3 Å². The smallest absolute Gasteiger partial charge is 0.227 e. The predicted molar refractivity (Wildman–Crippen MR) is 100 cm³/mol. The van der Waals surface area contributed by atoms with Gasteiger partial charge in [0.25, 0.3) is 0 Å². The number of piperidine rings is 1. The second kappa shape index (κ2) is 7.32. The summed E-state index contributed by atoms with van der Waals surface area (Å²) in [5.41, 5.74) is 1.67. The lowest BCUT2D eigenvalue weighted by Gasteiger charge is -2.22. The third kappa shape index (κ3) is 3.46. The van der Waals surface area contributed by atoms with Crippen LogP contribution in [0.25, 0.3) is 11.0 Å². The van der Waals surface area contributed by atoms with E-state index in [0.717, 1.165) is 25.9 Å². The van der Waals surface area contributed by atoms with Gasteiger partial charge < -0.3 is 15.5 Å². The summed E-state index contributed by atoms with van der Waals surface area (Å²) >= 11 is 6.32. The SMILES string of the molecule is O=C(Nc1c(Cl)cnc2ccc(N3CCC(F)C3)nc12)C1CCNCC1. The number of rotatable bonds is 3. The first-order valence-electron chi connectivity index (χ1n) is 8.97. The van der Waals surface area contributed by atoms with Crippen molar-refractivity contribution in [2.24, 2.45) is 5.92 Å². The van der Waals surface area contributed by atoms with Crippen molar-refractivity contribution >= 4 is 40.0 Å². The molecule has 0 saturated carbocycles. The molecule has 0 aromatic carbocycles. The molecule has 2 aromatic rings. The fraction of sp³-hybridized carbons (Fsp3) is 0.500. The van der Waals surface area contributed by atoms with Gasteiger partial charge in [-0.15, -0.1) is 0 Å². The van der Waals surface area contributed by atoms with Gasteiger partial charge in [-0.25, -0.2) is 9.37 Å². The fourth-order valence-electron chi connectivity index (χ4n) is 3.56. The molecule has 138 valence electrons. The van der Waals surface area contributed by atoms with Crippen molar-refractivity contribution in [2.75, 3.05) is 36.4 Å². The van der Waals surface area contributed by atoms with E-state index in [9.17, 15) is 9.18 Å². The van der Waals surface area contributed by atoms with Crippen LogP contribution in [0, 0.1) is 5.92 Å². The summed E-state index contributed by atoms with van der Waals surface area (Å²) < 4.78 is 13.5. The molecule has 0 bridgehead atoms. The highest BCUT2D eigenvalue weighted by Gasteiger charge is 2.25. The van der Waals surface area contributed by atoms with Gasteiger partial charge in [-0.1, -0.05) is 11.6 Å². The minimum absolute atomic E-state index is 0.0374. The zero-order valence-electron chi connectivity index (χ0n) is 14.3. The molecular formula is C18H21ClFN5O. The first-order valence-corrected chi connectivity index (χ1v) is 9.35. The van der Waals surface area contributed by atoms with Crippen LogP contribution in [0.5, 0.6) is 0 Å². The van der Waals surface area contributed by atoms with E-state index in [4.69, 9.17) is 11.6 Å². The summed E-state index contributed by atoms with van der Waals surface area (Å²) in [5, 5.41) is 6.56. The number of carbonyl (C=O) groups excluding carboxylic acids is 1. The number of alkyl halides is 1. The highest BCUT2D eigenvalue weighted by atomic mass is 35.5. The Bertz CT molecular complexity index is 827. The van der Waals surface area contributed by atoms with Gasteiger partial charge in [-0.3, -0.25) is 9.78 Å². The van der Waals surface area contributed by atoms with E-state index in [1.165, 1.54) is 6.20 Å². The molecule has 0 spiro atoms. The van der Waals surface area contributed by atoms with Gasteiger partial charge in [0.2, 0.25) is 5.91 Å². The molecule has 4 heterocycles. The Kier molecular flexibility index (Phi) is 4.91. The third-order valence-corrected chi connectivity index (χ3v) is 5.35. The summed E-state index contributed by atoms with van der Waals surface area (Å²) in [6.07, 6.45) is 2.81. The maximum absolute atomic E-state index is 13.5. The van der Waals surface area contributed by atoms with Gasteiger partial charge in [0.15, 0.2) is 0 Å². The van der Waals surface area contributed by atoms with Crippen molar-refractivity contribution in [1.29, 1.82) is 0 Å². The number of halogens is 2. The van der Waals surface area contributed by atoms with E-state index in [0.29, 0.717) is 47.1 Å². The Morgan fingerprint density at radius 3 is 2.85 bits per heavy atom. The molecule has 0 aliphatic carbocycles. The zero-order valence-corrected chi connectivity index (χ0v) is 15.1. The van der Waals surface area contributed by atoms with Crippen LogP contribution in [-0.4, -0.2) is 48.2 Å². The number of hydrogen-bond donors (Lipinski definition) is 2. The van der Waals surface area contributed by atoms with E-state index >= 15 is 0 Å². The van der Waals surface area contributed by atoms with Gasteiger partial charge >= 0.3 is 0 Å². The summed E-state index contributed by atoms with van der Waals surface area (Å²) in [6, 6.07) is 3.67. The standard InChI is InChI=1S/C18H21ClFN5O/c19-13-9-22-14-1-2-15(25-8-5-12(20)10-25)23-17(14)16(13)24-18(26)11-3-6-21-7-4-11/h1-2,9,11-12,21H,3-8,10H2,(H,22,24,26). The Labute approximate surface area is 156 Å². The van der Waals surface area contributed by atoms with Gasteiger partial charge in [-0.2, -0.15) is 0 Å². The van der Waals surface area contributed by atoms with Crippen LogP contribution in [-0.2, 0) is 4.79 Å². The van der Waals surface area contributed by atoms with Crippen molar-refractivity contribution in [2.45, 2.75) is 25.4 Å². The summed E-state index contributed by atoms with van der Waals surface area (Å²) in [7, 11) is 0. The second-order valence-electron chi connectivity index (χ2n) is 6.86. The fourth-order valence-corrected chi connectivity index (χ4v) is 3.75. The van der Waals surface area contributed by atoms with E-state index in [-0.39, 0.29) is 11.8 Å². The molecule has 2 fully saturated rings. The molecular weight excluding hydrogens is 357 g/mol. The molecule has 4 rings (SSSR count). The molecule has 0 radical (unpaired) electrons. The average molecular weight is 378 g/mol. The number of hydrogen-bond acceptors (Lipinski definition) is 5. The number of pyridine rings is 2. The number of anilines is 2. The molecule has 1 atom stereocenters. The summed E-state index contributed by atoms with van der Waals surface area (Å²) in [6.45, 7) is 2.64.